The van der Waals surface area contributed by atoms with E-state index < -0.39 is 17.6 Å². The lowest BCUT2D eigenvalue weighted by Gasteiger charge is -2.39. The molecule has 3 atom stereocenters. The zero-order valence-electron chi connectivity index (χ0n) is 13.0. The largest absolute Gasteiger partial charge is 0.396 e. The van der Waals surface area contributed by atoms with Gasteiger partial charge in [-0.05, 0) is 24.0 Å². The molecular formula is C19H24O4. The predicted molar refractivity (Wildman–Crippen MR) is 89.1 cm³/mol. The minimum Gasteiger partial charge on any atom is -0.396 e. The number of aliphatic hydroxyl groups excluding tert-OH is 4. The molecule has 4 nitrogen and oxygen atoms in total. The maximum absolute atomic E-state index is 10.8. The van der Waals surface area contributed by atoms with Crippen LogP contribution in [0, 0.1) is 0 Å². The normalized spacial score (nSPS) is 16.5. The number of benzene rings is 2. The molecule has 124 valence electrons. The van der Waals surface area contributed by atoms with E-state index in [2.05, 4.69) is 0 Å². The van der Waals surface area contributed by atoms with Crippen LogP contribution in [0.2, 0.25) is 0 Å². The fourth-order valence-corrected chi connectivity index (χ4v) is 3.01. The Morgan fingerprint density at radius 1 is 0.826 bits per heavy atom. The van der Waals surface area contributed by atoms with Gasteiger partial charge in [0.1, 0.15) is 0 Å². The van der Waals surface area contributed by atoms with Crippen LogP contribution < -0.4 is 0 Å². The smallest absolute Gasteiger partial charge is 0.0921 e. The van der Waals surface area contributed by atoms with Gasteiger partial charge in [0, 0.05) is 6.61 Å². The summed E-state index contributed by atoms with van der Waals surface area (Å²) in [6.45, 7) is -0.532. The Morgan fingerprint density at radius 2 is 1.39 bits per heavy atom. The molecule has 0 aromatic heterocycles. The molecule has 0 saturated heterocycles. The average molecular weight is 316 g/mol. The molecule has 0 amide bonds. The molecule has 0 aliphatic rings. The van der Waals surface area contributed by atoms with E-state index in [-0.39, 0.29) is 19.6 Å². The molecule has 2 aromatic carbocycles. The summed E-state index contributed by atoms with van der Waals surface area (Å²) >= 11 is 0. The maximum atomic E-state index is 10.8. The Kier molecular flexibility index (Phi) is 6.30. The predicted octanol–water partition coefficient (Wildman–Crippen LogP) is 1.26. The molecule has 0 heterocycles. The summed E-state index contributed by atoms with van der Waals surface area (Å²) in [5.41, 5.74) is 0.688. The van der Waals surface area contributed by atoms with Gasteiger partial charge < -0.3 is 20.4 Å². The van der Waals surface area contributed by atoms with Crippen LogP contribution in [0.25, 0.3) is 0 Å². The van der Waals surface area contributed by atoms with E-state index in [1.54, 1.807) is 0 Å². The van der Waals surface area contributed by atoms with Crippen LogP contribution in [-0.2, 0) is 11.8 Å². The summed E-state index contributed by atoms with van der Waals surface area (Å²) in [7, 11) is 0. The SMILES string of the molecule is OCCC(O)C(O)C(CO)(Cc1ccccc1)c1ccccc1. The molecule has 0 fully saturated rings. The Balaban J connectivity index is 2.44. The molecule has 0 bridgehead atoms. The van der Waals surface area contributed by atoms with E-state index in [0.717, 1.165) is 11.1 Å². The first-order valence-electron chi connectivity index (χ1n) is 7.81. The van der Waals surface area contributed by atoms with Gasteiger partial charge in [-0.15, -0.1) is 0 Å². The molecule has 0 spiro atoms. The fraction of sp³-hybridized carbons (Fsp3) is 0.368. The lowest BCUT2D eigenvalue weighted by atomic mass is 9.70. The third-order valence-corrected chi connectivity index (χ3v) is 4.35. The fourth-order valence-electron chi connectivity index (χ4n) is 3.01. The number of hydrogen-bond acceptors (Lipinski definition) is 4. The van der Waals surface area contributed by atoms with Gasteiger partial charge in [-0.3, -0.25) is 0 Å². The standard InChI is InChI=1S/C19H24O4/c20-12-11-17(22)18(23)19(14-21,16-9-5-2-6-10-16)13-15-7-3-1-4-8-15/h1-10,17-18,20-23H,11-14H2. The summed E-state index contributed by atoms with van der Waals surface area (Å²) in [5.74, 6) is 0. The lowest BCUT2D eigenvalue weighted by molar-refractivity contribution is -0.0578. The highest BCUT2D eigenvalue weighted by molar-refractivity contribution is 5.32. The van der Waals surface area contributed by atoms with Gasteiger partial charge in [0.15, 0.2) is 0 Å². The van der Waals surface area contributed by atoms with E-state index in [1.807, 2.05) is 60.7 Å². The first kappa shape index (κ1) is 17.6. The summed E-state index contributed by atoms with van der Waals surface area (Å²) in [4.78, 5) is 0. The highest BCUT2D eigenvalue weighted by atomic mass is 16.3. The molecule has 23 heavy (non-hydrogen) atoms. The molecule has 4 N–H and O–H groups in total. The minimum atomic E-state index is -1.19. The van der Waals surface area contributed by atoms with Crippen molar-refractivity contribution in [3.05, 3.63) is 71.8 Å². The first-order valence-corrected chi connectivity index (χ1v) is 7.81. The van der Waals surface area contributed by atoms with Gasteiger partial charge in [-0.25, -0.2) is 0 Å². The Morgan fingerprint density at radius 3 is 1.91 bits per heavy atom. The monoisotopic (exact) mass is 316 g/mol. The molecule has 3 unspecified atom stereocenters. The summed E-state index contributed by atoms with van der Waals surface area (Å²) in [6.07, 6.45) is -1.86. The zero-order chi connectivity index (χ0) is 16.7. The van der Waals surface area contributed by atoms with Crippen LogP contribution >= 0.6 is 0 Å². The Bertz CT molecular complexity index is 572. The highest BCUT2D eigenvalue weighted by Crippen LogP contribution is 2.34. The summed E-state index contributed by atoms with van der Waals surface area (Å²) in [5, 5.41) is 40.2. The second kappa shape index (κ2) is 8.22. The van der Waals surface area contributed by atoms with Crippen molar-refractivity contribution in [1.82, 2.24) is 0 Å². The third kappa shape index (κ3) is 3.98. The molecule has 0 aliphatic heterocycles. The van der Waals surface area contributed by atoms with E-state index in [4.69, 9.17) is 5.11 Å². The third-order valence-electron chi connectivity index (χ3n) is 4.35. The van der Waals surface area contributed by atoms with Crippen LogP contribution in [0.3, 0.4) is 0 Å². The summed E-state index contributed by atoms with van der Waals surface area (Å²) in [6, 6.07) is 18.8. The minimum absolute atomic E-state index is 0.0601. The maximum Gasteiger partial charge on any atom is 0.0921 e. The van der Waals surface area contributed by atoms with E-state index in [0.29, 0.717) is 6.42 Å². The molecule has 2 aromatic rings. The summed E-state index contributed by atoms with van der Waals surface area (Å²) < 4.78 is 0. The van der Waals surface area contributed by atoms with Gasteiger partial charge in [0.25, 0.3) is 0 Å². The van der Waals surface area contributed by atoms with Crippen molar-refractivity contribution in [2.45, 2.75) is 30.5 Å². The average Bonchev–Trinajstić information content (AvgIpc) is 2.61. The van der Waals surface area contributed by atoms with Gasteiger partial charge in [-0.1, -0.05) is 60.7 Å². The van der Waals surface area contributed by atoms with Crippen molar-refractivity contribution in [3.8, 4) is 0 Å². The molecule has 0 aliphatic carbocycles. The van der Waals surface area contributed by atoms with Crippen LogP contribution in [0.15, 0.2) is 60.7 Å². The van der Waals surface area contributed by atoms with E-state index in [9.17, 15) is 15.3 Å². The number of rotatable bonds is 8. The molecular weight excluding hydrogens is 292 g/mol. The van der Waals surface area contributed by atoms with Crippen LogP contribution in [0.1, 0.15) is 17.5 Å². The van der Waals surface area contributed by atoms with Gasteiger partial charge >= 0.3 is 0 Å². The molecule has 0 radical (unpaired) electrons. The van der Waals surface area contributed by atoms with E-state index >= 15 is 0 Å². The van der Waals surface area contributed by atoms with Crippen LogP contribution in [-0.4, -0.2) is 45.8 Å². The van der Waals surface area contributed by atoms with E-state index in [1.165, 1.54) is 0 Å². The molecule has 4 heteroatoms. The van der Waals surface area contributed by atoms with Crippen molar-refractivity contribution in [1.29, 1.82) is 0 Å². The van der Waals surface area contributed by atoms with Crippen molar-refractivity contribution < 1.29 is 20.4 Å². The number of hydrogen-bond donors (Lipinski definition) is 4. The van der Waals surface area contributed by atoms with Gasteiger partial charge in [0.05, 0.1) is 24.2 Å². The topological polar surface area (TPSA) is 80.9 Å². The van der Waals surface area contributed by atoms with Crippen molar-refractivity contribution in [2.24, 2.45) is 0 Å². The number of aliphatic hydroxyl groups is 4. The second-order valence-electron chi connectivity index (χ2n) is 5.87. The van der Waals surface area contributed by atoms with Crippen LogP contribution in [0.4, 0.5) is 0 Å². The molecule has 0 saturated carbocycles. The van der Waals surface area contributed by atoms with Crippen LogP contribution in [0.5, 0.6) is 0 Å². The zero-order valence-corrected chi connectivity index (χ0v) is 13.0. The van der Waals surface area contributed by atoms with Gasteiger partial charge in [0.2, 0.25) is 0 Å². The van der Waals surface area contributed by atoms with Crippen molar-refractivity contribution in [2.75, 3.05) is 13.2 Å². The lowest BCUT2D eigenvalue weighted by Crippen LogP contribution is -2.51. The quantitative estimate of drug-likeness (QED) is 0.591. The van der Waals surface area contributed by atoms with Gasteiger partial charge in [-0.2, -0.15) is 0 Å². The second-order valence-corrected chi connectivity index (χ2v) is 5.87. The van der Waals surface area contributed by atoms with Crippen molar-refractivity contribution in [3.63, 3.8) is 0 Å². The Labute approximate surface area is 136 Å². The first-order chi connectivity index (χ1) is 11.1. The van der Waals surface area contributed by atoms with Crippen molar-refractivity contribution >= 4 is 0 Å². The highest BCUT2D eigenvalue weighted by Gasteiger charge is 2.42. The molecule has 2 rings (SSSR count). The Hall–Kier alpha value is -1.72.